The largest absolute Gasteiger partial charge is 0.380 e. The van der Waals surface area contributed by atoms with Crippen LogP contribution >= 0.6 is 0 Å². The summed E-state index contributed by atoms with van der Waals surface area (Å²) in [5, 5.41) is 1.70. The number of fused-ring (bicyclic) bond motifs is 1. The summed E-state index contributed by atoms with van der Waals surface area (Å²) >= 11 is 0. The Kier molecular flexibility index (Phi) is 5.37. The zero-order valence-electron chi connectivity index (χ0n) is 15.9. The van der Waals surface area contributed by atoms with Gasteiger partial charge in [0.15, 0.2) is 0 Å². The van der Waals surface area contributed by atoms with Crippen LogP contribution in [-0.4, -0.2) is 7.11 Å². The minimum atomic E-state index is -0.362. The highest BCUT2D eigenvalue weighted by molar-refractivity contribution is 5.84. The molecule has 4 rings (SSSR count). The molecule has 0 bridgehead atoms. The smallest absolute Gasteiger partial charge is 0.139 e. The molecule has 0 amide bonds. The van der Waals surface area contributed by atoms with Crippen molar-refractivity contribution in [2.75, 3.05) is 7.11 Å². The lowest BCUT2D eigenvalue weighted by atomic mass is 10.0. The molecule has 0 unspecified atom stereocenters. The fourth-order valence-corrected chi connectivity index (χ4v) is 3.19. The highest BCUT2D eigenvalue weighted by Gasteiger charge is 2.04. The van der Waals surface area contributed by atoms with Crippen molar-refractivity contribution < 1.29 is 13.5 Å². The molecular weight excluding hydrogens is 366 g/mol. The molecule has 0 radical (unpaired) electrons. The summed E-state index contributed by atoms with van der Waals surface area (Å²) in [7, 11) is 1.65. The van der Waals surface area contributed by atoms with Crippen molar-refractivity contribution in [3.63, 3.8) is 0 Å². The predicted octanol–water partition coefficient (Wildman–Crippen LogP) is 6.33. The summed E-state index contributed by atoms with van der Waals surface area (Å²) in [5.41, 5.74) is 3.89. The van der Waals surface area contributed by atoms with Gasteiger partial charge in [-0.15, -0.1) is 0 Å². The van der Waals surface area contributed by atoms with Gasteiger partial charge in [-0.25, -0.2) is 8.78 Å². The first-order valence-corrected chi connectivity index (χ1v) is 9.21. The molecule has 3 heteroatoms. The van der Waals surface area contributed by atoms with Gasteiger partial charge in [-0.05, 0) is 63.9 Å². The normalized spacial score (nSPS) is 10.6. The van der Waals surface area contributed by atoms with E-state index in [0.717, 1.165) is 33.0 Å². The lowest BCUT2D eigenvalue weighted by Crippen LogP contribution is -1.89. The van der Waals surface area contributed by atoms with Crippen LogP contribution in [0.1, 0.15) is 16.7 Å². The number of rotatable bonds is 3. The number of benzene rings is 4. The quantitative estimate of drug-likeness (QED) is 0.375. The molecule has 29 heavy (non-hydrogen) atoms. The van der Waals surface area contributed by atoms with Crippen molar-refractivity contribution >= 4 is 10.8 Å². The van der Waals surface area contributed by atoms with Crippen LogP contribution in [0.4, 0.5) is 8.78 Å². The van der Waals surface area contributed by atoms with Crippen LogP contribution in [0.2, 0.25) is 0 Å². The lowest BCUT2D eigenvalue weighted by molar-refractivity contribution is 0.185. The van der Waals surface area contributed by atoms with Crippen molar-refractivity contribution in [2.24, 2.45) is 0 Å². The average Bonchev–Trinajstić information content (AvgIpc) is 2.73. The second-order valence-electron chi connectivity index (χ2n) is 6.78. The molecule has 1 nitrogen and oxygen atoms in total. The zero-order valence-corrected chi connectivity index (χ0v) is 15.9. The van der Waals surface area contributed by atoms with E-state index in [-0.39, 0.29) is 11.6 Å². The Labute approximate surface area is 168 Å². The maximum atomic E-state index is 14.6. The van der Waals surface area contributed by atoms with Crippen LogP contribution in [-0.2, 0) is 11.3 Å². The maximum Gasteiger partial charge on any atom is 0.139 e. The number of methoxy groups -OCH3 is 1. The second kappa shape index (κ2) is 8.26. The van der Waals surface area contributed by atoms with Crippen molar-refractivity contribution in [1.29, 1.82) is 0 Å². The second-order valence-corrected chi connectivity index (χ2v) is 6.78. The van der Waals surface area contributed by atoms with Gasteiger partial charge in [-0.2, -0.15) is 0 Å². The summed E-state index contributed by atoms with van der Waals surface area (Å²) < 4.78 is 33.0. The minimum absolute atomic E-state index is 0.271. The molecule has 0 saturated heterocycles. The number of halogens is 2. The van der Waals surface area contributed by atoms with Crippen LogP contribution in [0.15, 0.2) is 78.9 Å². The number of hydrogen-bond donors (Lipinski definition) is 0. The number of ether oxygens (including phenoxy) is 1. The molecule has 0 aromatic heterocycles. The van der Waals surface area contributed by atoms with E-state index in [1.165, 1.54) is 18.2 Å². The first-order valence-electron chi connectivity index (χ1n) is 9.21. The van der Waals surface area contributed by atoms with Crippen LogP contribution in [0.25, 0.3) is 21.9 Å². The molecule has 0 aliphatic heterocycles. The summed E-state index contributed by atoms with van der Waals surface area (Å²) in [6, 6.07) is 23.0. The molecule has 142 valence electrons. The van der Waals surface area contributed by atoms with Gasteiger partial charge in [0.2, 0.25) is 0 Å². The van der Waals surface area contributed by atoms with Crippen LogP contribution in [0, 0.1) is 23.5 Å². The highest BCUT2D eigenvalue weighted by atomic mass is 19.1. The minimum Gasteiger partial charge on any atom is -0.380 e. The van der Waals surface area contributed by atoms with Gasteiger partial charge < -0.3 is 4.74 Å². The van der Waals surface area contributed by atoms with Crippen LogP contribution < -0.4 is 0 Å². The van der Waals surface area contributed by atoms with Crippen LogP contribution in [0.5, 0.6) is 0 Å². The molecule has 0 fully saturated rings. The fourth-order valence-electron chi connectivity index (χ4n) is 3.19. The van der Waals surface area contributed by atoms with Gasteiger partial charge in [-0.1, -0.05) is 54.3 Å². The van der Waals surface area contributed by atoms with E-state index in [1.54, 1.807) is 19.2 Å². The van der Waals surface area contributed by atoms with E-state index < -0.39 is 0 Å². The Hall–Kier alpha value is -3.48. The van der Waals surface area contributed by atoms with E-state index >= 15 is 0 Å². The fraction of sp³-hybridized carbons (Fsp3) is 0.0769. The SMILES string of the molecule is COCc1ccc(-c2ccc(C#Cc3ccc4cc(F)ccc4c3)c(F)c2)cc1. The van der Waals surface area contributed by atoms with Gasteiger partial charge in [0.05, 0.1) is 12.2 Å². The van der Waals surface area contributed by atoms with Gasteiger partial charge in [0.25, 0.3) is 0 Å². The Bertz CT molecular complexity index is 1230. The third-order valence-corrected chi connectivity index (χ3v) is 4.71. The van der Waals surface area contributed by atoms with Crippen molar-refractivity contribution in [3.05, 3.63) is 107 Å². The van der Waals surface area contributed by atoms with E-state index in [2.05, 4.69) is 11.8 Å². The Balaban J connectivity index is 1.58. The van der Waals surface area contributed by atoms with Gasteiger partial charge in [0, 0.05) is 12.7 Å². The van der Waals surface area contributed by atoms with E-state index in [0.29, 0.717) is 12.2 Å². The third-order valence-electron chi connectivity index (χ3n) is 4.71. The molecule has 0 N–H and O–H groups in total. The zero-order chi connectivity index (χ0) is 20.2. The van der Waals surface area contributed by atoms with E-state index in [9.17, 15) is 8.78 Å². The Morgan fingerprint density at radius 1 is 0.724 bits per heavy atom. The van der Waals surface area contributed by atoms with E-state index in [1.807, 2.05) is 48.5 Å². The van der Waals surface area contributed by atoms with Gasteiger partial charge in [0.1, 0.15) is 11.6 Å². The van der Waals surface area contributed by atoms with E-state index in [4.69, 9.17) is 4.74 Å². The van der Waals surface area contributed by atoms with Crippen molar-refractivity contribution in [3.8, 4) is 23.0 Å². The molecule has 4 aromatic rings. The third kappa shape index (κ3) is 4.34. The van der Waals surface area contributed by atoms with Gasteiger partial charge in [-0.3, -0.25) is 0 Å². The van der Waals surface area contributed by atoms with Gasteiger partial charge >= 0.3 is 0 Å². The first kappa shape index (κ1) is 18.9. The standard InChI is InChI=1S/C26H18F2O/c1-29-17-19-4-6-20(7-5-19)24-11-10-21(26(28)16-24)8-2-18-3-9-23-15-25(27)13-12-22(23)14-18/h3-7,9-16H,17H2,1H3. The summed E-state index contributed by atoms with van der Waals surface area (Å²) in [6.07, 6.45) is 0. The lowest BCUT2D eigenvalue weighted by Gasteiger charge is -2.05. The average molecular weight is 384 g/mol. The van der Waals surface area contributed by atoms with Crippen LogP contribution in [0.3, 0.4) is 0 Å². The highest BCUT2D eigenvalue weighted by Crippen LogP contribution is 2.23. The molecule has 0 atom stereocenters. The summed E-state index contributed by atoms with van der Waals surface area (Å²) in [5.74, 6) is 5.25. The monoisotopic (exact) mass is 384 g/mol. The Morgan fingerprint density at radius 2 is 1.45 bits per heavy atom. The first-order chi connectivity index (χ1) is 14.1. The molecular formula is C26H18F2O. The van der Waals surface area contributed by atoms with Crippen molar-refractivity contribution in [1.82, 2.24) is 0 Å². The molecule has 0 aliphatic rings. The maximum absolute atomic E-state index is 14.6. The summed E-state index contributed by atoms with van der Waals surface area (Å²) in [6.45, 7) is 0.548. The predicted molar refractivity (Wildman–Crippen MR) is 112 cm³/mol. The molecule has 0 heterocycles. The summed E-state index contributed by atoms with van der Waals surface area (Å²) in [4.78, 5) is 0. The van der Waals surface area contributed by atoms with Crippen molar-refractivity contribution in [2.45, 2.75) is 6.61 Å². The molecule has 0 spiro atoms. The Morgan fingerprint density at radius 3 is 2.21 bits per heavy atom. The topological polar surface area (TPSA) is 9.23 Å². The molecule has 0 aliphatic carbocycles. The molecule has 4 aromatic carbocycles. The number of hydrogen-bond acceptors (Lipinski definition) is 1. The molecule has 0 saturated carbocycles.